The molecule has 178 valence electrons. The third kappa shape index (κ3) is 3.73. The molecule has 0 spiro atoms. The average Bonchev–Trinajstić information content (AvgIpc) is 2.98. The zero-order chi connectivity index (χ0) is 24.0. The second-order valence-electron chi connectivity index (χ2n) is 9.21. The first kappa shape index (κ1) is 23.1. The van der Waals surface area contributed by atoms with Crippen LogP contribution in [0.1, 0.15) is 74.1 Å². The van der Waals surface area contributed by atoms with Crippen LogP contribution in [-0.4, -0.2) is 40.4 Å². The maximum absolute atomic E-state index is 15.7. The summed E-state index contributed by atoms with van der Waals surface area (Å²) in [5, 5.41) is 3.40. The number of fused-ring (bicyclic) bond motifs is 3. The summed E-state index contributed by atoms with van der Waals surface area (Å²) in [5.74, 6) is -1.45. The van der Waals surface area contributed by atoms with Crippen molar-refractivity contribution in [1.82, 2.24) is 9.47 Å². The average molecular weight is 458 g/mol. The smallest absolute Gasteiger partial charge is 0.254 e. The van der Waals surface area contributed by atoms with E-state index in [1.54, 1.807) is 6.92 Å². The number of halogens is 1. The van der Waals surface area contributed by atoms with Crippen molar-refractivity contribution in [2.45, 2.75) is 71.4 Å². The quantitative estimate of drug-likeness (QED) is 0.609. The summed E-state index contributed by atoms with van der Waals surface area (Å²) in [7, 11) is 0. The topological polar surface area (TPSA) is 123 Å². The van der Waals surface area contributed by atoms with Crippen molar-refractivity contribution in [3.05, 3.63) is 32.9 Å². The molecule has 33 heavy (non-hydrogen) atoms. The van der Waals surface area contributed by atoms with Crippen molar-refractivity contribution in [2.75, 3.05) is 24.1 Å². The number of nitrogens with zero attached hydrogens (tertiary/aromatic N) is 2. The second-order valence-corrected chi connectivity index (χ2v) is 9.21. The Bertz CT molecular complexity index is 1210. The van der Waals surface area contributed by atoms with Gasteiger partial charge in [0.1, 0.15) is 5.56 Å². The predicted molar refractivity (Wildman–Crippen MR) is 127 cm³/mol. The summed E-state index contributed by atoms with van der Waals surface area (Å²) in [6.45, 7) is 6.78. The summed E-state index contributed by atoms with van der Waals surface area (Å²) in [5.41, 5.74) is 13.0. The Hall–Kier alpha value is -3.10. The SMILES string of the molecule is CCc1c(NC2CCCN(C(C)=O)CC2)c(F)c(N)c2c(=O)c(C(N)=O)c3n(c12)C(C)CC3. The number of anilines is 2. The predicted octanol–water partition coefficient (Wildman–Crippen LogP) is 2.70. The van der Waals surface area contributed by atoms with E-state index in [2.05, 4.69) is 5.32 Å². The Kier molecular flexibility index (Phi) is 6.07. The van der Waals surface area contributed by atoms with Crippen LogP contribution in [0.25, 0.3) is 10.9 Å². The molecule has 2 aliphatic heterocycles. The van der Waals surface area contributed by atoms with Crippen LogP contribution in [0.5, 0.6) is 0 Å². The summed E-state index contributed by atoms with van der Waals surface area (Å²) >= 11 is 0. The number of carbonyl (C=O) groups excluding carboxylic acids is 2. The van der Waals surface area contributed by atoms with Gasteiger partial charge in [-0.1, -0.05) is 6.92 Å². The van der Waals surface area contributed by atoms with E-state index in [1.165, 1.54) is 0 Å². The van der Waals surface area contributed by atoms with Crippen LogP contribution < -0.4 is 22.2 Å². The maximum atomic E-state index is 15.7. The van der Waals surface area contributed by atoms with Crippen LogP contribution >= 0.6 is 0 Å². The third-order valence-corrected chi connectivity index (χ3v) is 7.19. The molecule has 1 aromatic heterocycles. The largest absolute Gasteiger partial charge is 0.396 e. The van der Waals surface area contributed by atoms with Crippen molar-refractivity contribution in [2.24, 2.45) is 5.73 Å². The van der Waals surface area contributed by atoms with E-state index in [9.17, 15) is 14.4 Å². The zero-order valence-corrected chi connectivity index (χ0v) is 19.5. The lowest BCUT2D eigenvalue weighted by atomic mass is 9.97. The highest BCUT2D eigenvalue weighted by Crippen LogP contribution is 2.40. The van der Waals surface area contributed by atoms with E-state index < -0.39 is 17.2 Å². The van der Waals surface area contributed by atoms with Gasteiger partial charge in [0, 0.05) is 43.4 Å². The highest BCUT2D eigenvalue weighted by atomic mass is 19.1. The van der Waals surface area contributed by atoms with E-state index in [-0.39, 0.29) is 34.6 Å². The number of aryl methyl sites for hydroxylation is 1. The van der Waals surface area contributed by atoms with Crippen LogP contribution in [0.3, 0.4) is 0 Å². The van der Waals surface area contributed by atoms with Gasteiger partial charge in [-0.15, -0.1) is 0 Å². The van der Waals surface area contributed by atoms with Crippen LogP contribution in [-0.2, 0) is 17.6 Å². The first-order valence-electron chi connectivity index (χ1n) is 11.7. The molecule has 3 heterocycles. The van der Waals surface area contributed by atoms with E-state index in [4.69, 9.17) is 11.5 Å². The summed E-state index contributed by atoms with van der Waals surface area (Å²) in [6, 6.07) is -0.00990. The number of nitrogens with one attached hydrogen (secondary N) is 1. The van der Waals surface area contributed by atoms with Gasteiger partial charge in [0.15, 0.2) is 5.82 Å². The molecule has 1 fully saturated rings. The Morgan fingerprint density at radius 1 is 1.21 bits per heavy atom. The van der Waals surface area contributed by atoms with Crippen molar-refractivity contribution in [1.29, 1.82) is 0 Å². The van der Waals surface area contributed by atoms with Crippen molar-refractivity contribution in [3.8, 4) is 0 Å². The fourth-order valence-corrected chi connectivity index (χ4v) is 5.50. The Labute approximate surface area is 192 Å². The molecule has 2 aromatic rings. The molecule has 0 bridgehead atoms. The number of carbonyl (C=O) groups is 2. The molecule has 1 aromatic carbocycles. The van der Waals surface area contributed by atoms with Gasteiger partial charge in [-0.2, -0.15) is 0 Å². The zero-order valence-electron chi connectivity index (χ0n) is 19.5. The Balaban J connectivity index is 1.91. The molecule has 0 aliphatic carbocycles. The molecule has 2 atom stereocenters. The van der Waals surface area contributed by atoms with Gasteiger partial charge in [-0.25, -0.2) is 4.39 Å². The molecule has 1 saturated heterocycles. The van der Waals surface area contributed by atoms with Crippen LogP contribution in [0, 0.1) is 5.82 Å². The first-order valence-corrected chi connectivity index (χ1v) is 11.7. The second kappa shape index (κ2) is 8.68. The molecule has 2 unspecified atom stereocenters. The lowest BCUT2D eigenvalue weighted by molar-refractivity contribution is -0.128. The molecule has 4 rings (SSSR count). The Morgan fingerprint density at radius 3 is 2.58 bits per heavy atom. The van der Waals surface area contributed by atoms with Crippen LogP contribution in [0.2, 0.25) is 0 Å². The van der Waals surface area contributed by atoms with Gasteiger partial charge < -0.3 is 26.3 Å². The van der Waals surface area contributed by atoms with E-state index in [0.29, 0.717) is 54.8 Å². The number of hydrogen-bond acceptors (Lipinski definition) is 5. The lowest BCUT2D eigenvalue weighted by Gasteiger charge is -2.26. The molecular weight excluding hydrogens is 425 g/mol. The van der Waals surface area contributed by atoms with Gasteiger partial charge in [0.05, 0.1) is 22.3 Å². The van der Waals surface area contributed by atoms with Gasteiger partial charge in [0.2, 0.25) is 11.3 Å². The fourth-order valence-electron chi connectivity index (χ4n) is 5.50. The number of amides is 2. The number of likely N-dealkylation sites (tertiary alicyclic amines) is 1. The van der Waals surface area contributed by atoms with Gasteiger partial charge >= 0.3 is 0 Å². The molecule has 2 amide bonds. The standard InChI is InChI=1S/C24H32FN5O3/c1-4-15-21(28-14-6-5-10-29(11-9-14)13(3)31)19(25)20(26)18-22(15)30-12(2)7-8-16(30)17(23(18)32)24(27)33/h12,14,28H,4-11,26H2,1-3H3,(H2,27,33). The molecular formula is C24H32FN5O3. The van der Waals surface area contributed by atoms with E-state index in [1.807, 2.05) is 23.3 Å². The number of aromatic nitrogens is 1. The Morgan fingerprint density at radius 2 is 1.94 bits per heavy atom. The van der Waals surface area contributed by atoms with E-state index in [0.717, 1.165) is 19.3 Å². The summed E-state index contributed by atoms with van der Waals surface area (Å²) < 4.78 is 17.6. The fraction of sp³-hybridized carbons (Fsp3) is 0.542. The minimum atomic E-state index is -0.812. The number of pyridine rings is 1. The van der Waals surface area contributed by atoms with Gasteiger partial charge in [-0.05, 0) is 45.4 Å². The maximum Gasteiger partial charge on any atom is 0.254 e. The van der Waals surface area contributed by atoms with Crippen LogP contribution in [0.15, 0.2) is 4.79 Å². The minimum Gasteiger partial charge on any atom is -0.396 e. The van der Waals surface area contributed by atoms with E-state index >= 15 is 4.39 Å². The molecule has 5 N–H and O–H groups in total. The lowest BCUT2D eigenvalue weighted by Crippen LogP contribution is -2.31. The summed E-state index contributed by atoms with van der Waals surface area (Å²) in [6.07, 6.45) is 4.08. The minimum absolute atomic E-state index is 0.0196. The highest BCUT2D eigenvalue weighted by molar-refractivity contribution is 6.03. The van der Waals surface area contributed by atoms with Gasteiger partial charge in [-0.3, -0.25) is 14.4 Å². The molecule has 0 saturated carbocycles. The normalized spacial score (nSPS) is 20.5. The number of primary amides is 1. The summed E-state index contributed by atoms with van der Waals surface area (Å²) in [4.78, 5) is 39.0. The number of rotatable bonds is 4. The van der Waals surface area contributed by atoms with Crippen molar-refractivity contribution < 1.29 is 14.0 Å². The number of benzene rings is 1. The first-order chi connectivity index (χ1) is 15.7. The van der Waals surface area contributed by atoms with Gasteiger partial charge in [0.25, 0.3) is 5.91 Å². The molecule has 8 nitrogen and oxygen atoms in total. The number of nitrogen functional groups attached to an aromatic ring is 1. The third-order valence-electron chi connectivity index (χ3n) is 7.19. The highest BCUT2D eigenvalue weighted by Gasteiger charge is 2.32. The molecule has 9 heteroatoms. The van der Waals surface area contributed by atoms with Crippen molar-refractivity contribution in [3.63, 3.8) is 0 Å². The van der Waals surface area contributed by atoms with Crippen LogP contribution in [0.4, 0.5) is 15.8 Å². The monoisotopic (exact) mass is 457 g/mol. The molecule has 0 radical (unpaired) electrons. The van der Waals surface area contributed by atoms with Crippen molar-refractivity contribution >= 4 is 34.1 Å². The molecule has 2 aliphatic rings. The number of hydrogen-bond donors (Lipinski definition) is 3. The number of nitrogens with two attached hydrogens (primary N) is 2.